The largest absolute Gasteiger partial charge is 0.370 e. The van der Waals surface area contributed by atoms with E-state index < -0.39 is 0 Å². The van der Waals surface area contributed by atoms with E-state index in [9.17, 15) is 4.79 Å². The first kappa shape index (κ1) is 11.8. The number of benzene rings is 1. The van der Waals surface area contributed by atoms with Crippen molar-refractivity contribution in [2.75, 3.05) is 6.61 Å². The van der Waals surface area contributed by atoms with Gasteiger partial charge in [0.05, 0.1) is 10.5 Å². The third kappa shape index (κ3) is 1.93. The Labute approximate surface area is 110 Å². The van der Waals surface area contributed by atoms with E-state index in [-0.39, 0.29) is 11.9 Å². The molecule has 1 saturated heterocycles. The highest BCUT2D eigenvalue weighted by molar-refractivity contribution is 6.35. The number of ketones is 1. The first-order chi connectivity index (χ1) is 8.77. The fourth-order valence-corrected chi connectivity index (χ4v) is 2.67. The van der Waals surface area contributed by atoms with Gasteiger partial charge in [-0.15, -0.1) is 0 Å². The van der Waals surface area contributed by atoms with E-state index in [1.165, 1.54) is 0 Å². The van der Waals surface area contributed by atoms with Crippen molar-refractivity contribution in [1.82, 2.24) is 4.98 Å². The van der Waals surface area contributed by atoms with Crippen molar-refractivity contribution in [3.05, 3.63) is 35.0 Å². The van der Waals surface area contributed by atoms with Crippen LogP contribution in [0, 0.1) is 0 Å². The molecule has 3 rings (SSSR count). The van der Waals surface area contributed by atoms with Crippen molar-refractivity contribution in [3.8, 4) is 0 Å². The van der Waals surface area contributed by atoms with Crippen LogP contribution < -0.4 is 0 Å². The Morgan fingerprint density at radius 3 is 3.06 bits per heavy atom. The standard InChI is InChI=1S/C14H14ClNO2/c15-11-5-3-4-9-10(8-16-13(9)11)14(17)12-6-1-2-7-18-12/h3-5,8,12,16H,1-2,6-7H2. The second-order valence-electron chi connectivity index (χ2n) is 4.58. The van der Waals surface area contributed by atoms with Gasteiger partial charge in [0.2, 0.25) is 0 Å². The maximum Gasteiger partial charge on any atom is 0.193 e. The van der Waals surface area contributed by atoms with Crippen LogP contribution in [-0.2, 0) is 4.74 Å². The molecule has 0 amide bonds. The van der Waals surface area contributed by atoms with Crippen LogP contribution in [0.2, 0.25) is 5.02 Å². The van der Waals surface area contributed by atoms with Crippen molar-refractivity contribution in [1.29, 1.82) is 0 Å². The van der Waals surface area contributed by atoms with E-state index in [1.807, 2.05) is 18.2 Å². The molecule has 1 aliphatic heterocycles. The van der Waals surface area contributed by atoms with Gasteiger partial charge in [-0.3, -0.25) is 4.79 Å². The molecule has 1 aromatic heterocycles. The quantitative estimate of drug-likeness (QED) is 0.842. The normalized spacial score (nSPS) is 20.2. The summed E-state index contributed by atoms with van der Waals surface area (Å²) in [4.78, 5) is 15.5. The number of carbonyl (C=O) groups is 1. The molecule has 2 heterocycles. The molecule has 0 aliphatic carbocycles. The van der Waals surface area contributed by atoms with E-state index >= 15 is 0 Å². The number of halogens is 1. The van der Waals surface area contributed by atoms with Crippen LogP contribution in [0.15, 0.2) is 24.4 Å². The topological polar surface area (TPSA) is 42.1 Å². The zero-order valence-electron chi connectivity index (χ0n) is 9.91. The lowest BCUT2D eigenvalue weighted by atomic mass is 9.99. The summed E-state index contributed by atoms with van der Waals surface area (Å²) in [5.41, 5.74) is 1.50. The zero-order chi connectivity index (χ0) is 12.5. The number of para-hydroxylation sites is 1. The summed E-state index contributed by atoms with van der Waals surface area (Å²) < 4.78 is 5.55. The summed E-state index contributed by atoms with van der Waals surface area (Å²) in [6, 6.07) is 5.58. The summed E-state index contributed by atoms with van der Waals surface area (Å²) in [6.07, 6.45) is 4.35. The van der Waals surface area contributed by atoms with Crippen molar-refractivity contribution >= 4 is 28.3 Å². The van der Waals surface area contributed by atoms with Gasteiger partial charge in [0.1, 0.15) is 6.10 Å². The van der Waals surface area contributed by atoms with Gasteiger partial charge in [0, 0.05) is 23.8 Å². The van der Waals surface area contributed by atoms with Gasteiger partial charge in [0.15, 0.2) is 5.78 Å². The highest BCUT2D eigenvalue weighted by Gasteiger charge is 2.25. The molecule has 0 bridgehead atoms. The molecule has 4 heteroatoms. The zero-order valence-corrected chi connectivity index (χ0v) is 10.7. The molecular weight excluding hydrogens is 250 g/mol. The second-order valence-corrected chi connectivity index (χ2v) is 4.99. The predicted octanol–water partition coefficient (Wildman–Crippen LogP) is 3.57. The number of ether oxygens (including phenoxy) is 1. The Bertz CT molecular complexity index is 584. The molecule has 1 aliphatic rings. The number of aromatic nitrogens is 1. The molecule has 1 aromatic carbocycles. The highest BCUT2D eigenvalue weighted by atomic mass is 35.5. The number of aromatic amines is 1. The lowest BCUT2D eigenvalue weighted by molar-refractivity contribution is 0.0188. The van der Waals surface area contributed by atoms with Crippen molar-refractivity contribution in [3.63, 3.8) is 0 Å². The highest BCUT2D eigenvalue weighted by Crippen LogP contribution is 2.27. The molecule has 94 valence electrons. The number of rotatable bonds is 2. The van der Waals surface area contributed by atoms with E-state index in [0.29, 0.717) is 17.2 Å². The van der Waals surface area contributed by atoms with Crippen LogP contribution in [0.25, 0.3) is 10.9 Å². The SMILES string of the molecule is O=C(c1c[nH]c2c(Cl)cccc12)C1CCCCO1. The second kappa shape index (κ2) is 4.75. The smallest absolute Gasteiger partial charge is 0.193 e. The number of Topliss-reactive ketones (excluding diaryl/α,β-unsaturated/α-hetero) is 1. The summed E-state index contributed by atoms with van der Waals surface area (Å²) in [5, 5.41) is 1.51. The lowest BCUT2D eigenvalue weighted by Crippen LogP contribution is -2.28. The fourth-order valence-electron chi connectivity index (χ4n) is 2.44. The van der Waals surface area contributed by atoms with Crippen LogP contribution in [0.5, 0.6) is 0 Å². The van der Waals surface area contributed by atoms with Crippen LogP contribution in [0.4, 0.5) is 0 Å². The average molecular weight is 264 g/mol. The third-order valence-electron chi connectivity index (χ3n) is 3.40. The molecule has 1 N–H and O–H groups in total. The Balaban J connectivity index is 1.98. The van der Waals surface area contributed by atoms with Crippen molar-refractivity contribution in [2.24, 2.45) is 0 Å². The molecular formula is C14H14ClNO2. The number of H-pyrrole nitrogens is 1. The van der Waals surface area contributed by atoms with Crippen LogP contribution in [0.1, 0.15) is 29.6 Å². The molecule has 1 fully saturated rings. The van der Waals surface area contributed by atoms with Gasteiger partial charge in [0.25, 0.3) is 0 Å². The number of fused-ring (bicyclic) bond motifs is 1. The monoisotopic (exact) mass is 263 g/mol. The molecule has 0 saturated carbocycles. The minimum Gasteiger partial charge on any atom is -0.370 e. The third-order valence-corrected chi connectivity index (χ3v) is 3.72. The van der Waals surface area contributed by atoms with Crippen molar-refractivity contribution in [2.45, 2.75) is 25.4 Å². The molecule has 3 nitrogen and oxygen atoms in total. The Morgan fingerprint density at radius 1 is 1.39 bits per heavy atom. The van der Waals surface area contributed by atoms with Gasteiger partial charge >= 0.3 is 0 Å². The molecule has 2 aromatic rings. The van der Waals surface area contributed by atoms with Gasteiger partial charge < -0.3 is 9.72 Å². The predicted molar refractivity (Wildman–Crippen MR) is 71.2 cm³/mol. The number of nitrogens with one attached hydrogen (secondary N) is 1. The Kier molecular flexibility index (Phi) is 3.10. The summed E-state index contributed by atoms with van der Waals surface area (Å²) in [5.74, 6) is 0.0585. The maximum absolute atomic E-state index is 12.4. The molecule has 0 radical (unpaired) electrons. The molecule has 0 spiro atoms. The first-order valence-electron chi connectivity index (χ1n) is 6.19. The summed E-state index contributed by atoms with van der Waals surface area (Å²) >= 11 is 6.09. The molecule has 1 atom stereocenters. The van der Waals surface area contributed by atoms with Gasteiger partial charge in [-0.2, -0.15) is 0 Å². The number of carbonyl (C=O) groups excluding carboxylic acids is 1. The van der Waals surface area contributed by atoms with Crippen LogP contribution in [0.3, 0.4) is 0 Å². The fraction of sp³-hybridized carbons (Fsp3) is 0.357. The Morgan fingerprint density at radius 2 is 2.28 bits per heavy atom. The van der Waals surface area contributed by atoms with E-state index in [2.05, 4.69) is 4.98 Å². The Hall–Kier alpha value is -1.32. The van der Waals surface area contributed by atoms with Crippen LogP contribution >= 0.6 is 11.6 Å². The summed E-state index contributed by atoms with van der Waals surface area (Å²) in [6.45, 7) is 0.680. The van der Waals surface area contributed by atoms with Gasteiger partial charge in [-0.05, 0) is 25.3 Å². The minimum atomic E-state index is -0.295. The molecule has 18 heavy (non-hydrogen) atoms. The first-order valence-corrected chi connectivity index (χ1v) is 6.56. The van der Waals surface area contributed by atoms with E-state index in [0.717, 1.165) is 30.2 Å². The maximum atomic E-state index is 12.4. The van der Waals surface area contributed by atoms with E-state index in [4.69, 9.17) is 16.3 Å². The van der Waals surface area contributed by atoms with Gasteiger partial charge in [-0.25, -0.2) is 0 Å². The molecule has 1 unspecified atom stereocenters. The number of hydrogen-bond acceptors (Lipinski definition) is 2. The van der Waals surface area contributed by atoms with E-state index in [1.54, 1.807) is 6.20 Å². The van der Waals surface area contributed by atoms with Crippen LogP contribution in [-0.4, -0.2) is 23.5 Å². The van der Waals surface area contributed by atoms with Crippen molar-refractivity contribution < 1.29 is 9.53 Å². The average Bonchev–Trinajstić information content (AvgIpc) is 2.84. The summed E-state index contributed by atoms with van der Waals surface area (Å²) in [7, 11) is 0. The lowest BCUT2D eigenvalue weighted by Gasteiger charge is -2.20. The van der Waals surface area contributed by atoms with Gasteiger partial charge in [-0.1, -0.05) is 23.7 Å². The minimum absolute atomic E-state index is 0.0585. The number of hydrogen-bond donors (Lipinski definition) is 1.